The van der Waals surface area contributed by atoms with Crippen molar-refractivity contribution in [1.82, 2.24) is 9.97 Å². The number of aromatic nitrogens is 2. The van der Waals surface area contributed by atoms with Crippen LogP contribution in [-0.2, 0) is 11.2 Å². The Bertz CT molecular complexity index is 834. The molecule has 6 heteroatoms. The van der Waals surface area contributed by atoms with Crippen molar-refractivity contribution in [3.63, 3.8) is 0 Å². The highest BCUT2D eigenvalue weighted by Gasteiger charge is 2.12. The molecule has 1 aromatic carbocycles. The molecule has 0 aliphatic carbocycles. The molecular weight excluding hydrogens is 340 g/mol. The number of anilines is 2. The topological polar surface area (TPSA) is 78.1 Å². The predicted octanol–water partition coefficient (Wildman–Crippen LogP) is 3.34. The van der Waals surface area contributed by atoms with Crippen molar-refractivity contribution in [2.45, 2.75) is 52.4 Å². The lowest BCUT2D eigenvalue weighted by molar-refractivity contribution is -0.116. The average Bonchev–Trinajstić information content (AvgIpc) is 2.91. The van der Waals surface area contributed by atoms with Gasteiger partial charge in [-0.05, 0) is 57.4 Å². The van der Waals surface area contributed by atoms with E-state index in [1.54, 1.807) is 13.8 Å². The molecule has 27 heavy (non-hydrogen) atoms. The Kier molecular flexibility index (Phi) is 6.27. The molecule has 144 valence electrons. The summed E-state index contributed by atoms with van der Waals surface area (Å²) in [6.07, 6.45) is 5.73. The number of nitrogens with one attached hydrogen (secondary N) is 2. The number of hydrogen-bond acceptors (Lipinski definition) is 4. The first kappa shape index (κ1) is 19.1. The highest BCUT2D eigenvalue weighted by Crippen LogP contribution is 2.21. The van der Waals surface area contributed by atoms with Crippen LogP contribution in [0.25, 0.3) is 0 Å². The number of rotatable bonds is 5. The van der Waals surface area contributed by atoms with E-state index in [1.165, 1.54) is 31.4 Å². The number of H-pyrrole nitrogens is 1. The van der Waals surface area contributed by atoms with E-state index in [2.05, 4.69) is 32.3 Å². The third kappa shape index (κ3) is 5.18. The van der Waals surface area contributed by atoms with Gasteiger partial charge in [-0.2, -0.15) is 0 Å². The molecule has 0 atom stereocenters. The minimum absolute atomic E-state index is 0.100. The van der Waals surface area contributed by atoms with Gasteiger partial charge in [-0.25, -0.2) is 4.98 Å². The lowest BCUT2D eigenvalue weighted by Crippen LogP contribution is -2.23. The van der Waals surface area contributed by atoms with Gasteiger partial charge >= 0.3 is 0 Å². The van der Waals surface area contributed by atoms with E-state index in [4.69, 9.17) is 0 Å². The molecule has 1 saturated heterocycles. The van der Waals surface area contributed by atoms with Gasteiger partial charge < -0.3 is 15.2 Å². The summed E-state index contributed by atoms with van der Waals surface area (Å²) in [7, 11) is 0. The summed E-state index contributed by atoms with van der Waals surface area (Å²) >= 11 is 0. The van der Waals surface area contributed by atoms with Gasteiger partial charge in [0.2, 0.25) is 5.91 Å². The molecule has 0 radical (unpaired) electrons. The molecule has 1 aromatic heterocycles. The Balaban J connectivity index is 1.56. The lowest BCUT2D eigenvalue weighted by Gasteiger charge is -2.22. The van der Waals surface area contributed by atoms with Crippen molar-refractivity contribution in [3.8, 4) is 0 Å². The second-order valence-corrected chi connectivity index (χ2v) is 7.21. The fourth-order valence-electron chi connectivity index (χ4n) is 3.59. The Hall–Kier alpha value is -2.63. The zero-order valence-electron chi connectivity index (χ0n) is 16.2. The summed E-state index contributed by atoms with van der Waals surface area (Å²) in [4.78, 5) is 33.6. The first-order valence-electron chi connectivity index (χ1n) is 9.74. The fourth-order valence-corrected chi connectivity index (χ4v) is 3.59. The van der Waals surface area contributed by atoms with Crippen molar-refractivity contribution in [2.24, 2.45) is 0 Å². The molecule has 1 aliphatic rings. The third-order valence-electron chi connectivity index (χ3n) is 5.07. The van der Waals surface area contributed by atoms with Crippen LogP contribution in [-0.4, -0.2) is 29.0 Å². The SMILES string of the molecule is Cc1nc(C)c(CCC(=O)Nc2ccc(N3CCCCCC3)cc2)c(=O)[nH]1. The molecule has 6 nitrogen and oxygen atoms in total. The van der Waals surface area contributed by atoms with E-state index in [-0.39, 0.29) is 17.9 Å². The Morgan fingerprint density at radius 1 is 1.11 bits per heavy atom. The molecule has 0 bridgehead atoms. The van der Waals surface area contributed by atoms with Crippen molar-refractivity contribution in [2.75, 3.05) is 23.3 Å². The molecule has 0 spiro atoms. The van der Waals surface area contributed by atoms with Gasteiger partial charge in [-0.15, -0.1) is 0 Å². The number of nitrogens with zero attached hydrogens (tertiary/aromatic N) is 2. The van der Waals surface area contributed by atoms with Crippen LogP contribution in [0, 0.1) is 13.8 Å². The summed E-state index contributed by atoms with van der Waals surface area (Å²) in [6, 6.07) is 8.03. The molecule has 0 saturated carbocycles. The molecule has 2 heterocycles. The molecule has 1 aliphatic heterocycles. The van der Waals surface area contributed by atoms with Crippen LogP contribution in [0.3, 0.4) is 0 Å². The highest BCUT2D eigenvalue weighted by atomic mass is 16.1. The Morgan fingerprint density at radius 3 is 2.41 bits per heavy atom. The van der Waals surface area contributed by atoms with Crippen LogP contribution >= 0.6 is 0 Å². The zero-order valence-corrected chi connectivity index (χ0v) is 16.2. The number of carbonyl (C=O) groups is 1. The molecule has 3 rings (SSSR count). The van der Waals surface area contributed by atoms with Gasteiger partial charge in [-0.1, -0.05) is 12.8 Å². The number of carbonyl (C=O) groups excluding carboxylic acids is 1. The van der Waals surface area contributed by atoms with Crippen LogP contribution in [0.4, 0.5) is 11.4 Å². The van der Waals surface area contributed by atoms with Crippen molar-refractivity contribution in [3.05, 3.63) is 51.7 Å². The fraction of sp³-hybridized carbons (Fsp3) is 0.476. The van der Waals surface area contributed by atoms with Crippen molar-refractivity contribution in [1.29, 1.82) is 0 Å². The number of amides is 1. The maximum atomic E-state index is 12.3. The summed E-state index contributed by atoms with van der Waals surface area (Å²) in [5.74, 6) is 0.493. The summed E-state index contributed by atoms with van der Waals surface area (Å²) < 4.78 is 0. The Morgan fingerprint density at radius 2 is 1.78 bits per heavy atom. The van der Waals surface area contributed by atoms with E-state index in [0.29, 0.717) is 23.5 Å². The minimum Gasteiger partial charge on any atom is -0.372 e. The number of aromatic amines is 1. The largest absolute Gasteiger partial charge is 0.372 e. The van der Waals surface area contributed by atoms with Gasteiger partial charge in [0.15, 0.2) is 0 Å². The standard InChI is InChI=1S/C21H28N4O2/c1-15-19(21(27)23-16(2)22-15)11-12-20(26)24-17-7-9-18(10-8-17)25-13-5-3-4-6-14-25/h7-10H,3-6,11-14H2,1-2H3,(H,24,26)(H,22,23,27). The lowest BCUT2D eigenvalue weighted by atomic mass is 10.1. The maximum absolute atomic E-state index is 12.3. The quantitative estimate of drug-likeness (QED) is 0.848. The van der Waals surface area contributed by atoms with Crippen molar-refractivity contribution >= 4 is 17.3 Å². The number of benzene rings is 1. The summed E-state index contributed by atoms with van der Waals surface area (Å²) in [5.41, 5.74) is 3.10. The zero-order chi connectivity index (χ0) is 19.2. The van der Waals surface area contributed by atoms with Crippen LogP contribution in [0.15, 0.2) is 29.1 Å². The smallest absolute Gasteiger partial charge is 0.254 e. The molecule has 2 N–H and O–H groups in total. The van der Waals surface area contributed by atoms with Crippen LogP contribution in [0.5, 0.6) is 0 Å². The van der Waals surface area contributed by atoms with Gasteiger partial charge in [0.05, 0.1) is 0 Å². The summed E-state index contributed by atoms with van der Waals surface area (Å²) in [6.45, 7) is 5.76. The maximum Gasteiger partial charge on any atom is 0.254 e. The number of hydrogen-bond donors (Lipinski definition) is 2. The van der Waals surface area contributed by atoms with Gasteiger partial charge in [-0.3, -0.25) is 9.59 Å². The van der Waals surface area contributed by atoms with E-state index in [1.807, 2.05) is 12.1 Å². The van der Waals surface area contributed by atoms with Gasteiger partial charge in [0, 0.05) is 42.1 Å². The minimum atomic E-state index is -0.158. The van der Waals surface area contributed by atoms with E-state index < -0.39 is 0 Å². The van der Waals surface area contributed by atoms with Crippen LogP contribution < -0.4 is 15.8 Å². The predicted molar refractivity (Wildman–Crippen MR) is 108 cm³/mol. The van der Waals surface area contributed by atoms with Crippen LogP contribution in [0.2, 0.25) is 0 Å². The van der Waals surface area contributed by atoms with E-state index in [9.17, 15) is 9.59 Å². The van der Waals surface area contributed by atoms with E-state index in [0.717, 1.165) is 18.8 Å². The second kappa shape index (κ2) is 8.84. The Labute approximate surface area is 160 Å². The monoisotopic (exact) mass is 368 g/mol. The molecule has 1 amide bonds. The first-order chi connectivity index (χ1) is 13.0. The molecule has 1 fully saturated rings. The molecular formula is C21H28N4O2. The average molecular weight is 368 g/mol. The summed E-state index contributed by atoms with van der Waals surface area (Å²) in [5, 5.41) is 2.91. The highest BCUT2D eigenvalue weighted by molar-refractivity contribution is 5.91. The van der Waals surface area contributed by atoms with Crippen LogP contribution in [0.1, 0.15) is 49.2 Å². The van der Waals surface area contributed by atoms with Crippen molar-refractivity contribution < 1.29 is 4.79 Å². The molecule has 0 unspecified atom stereocenters. The normalized spacial score (nSPS) is 14.7. The van der Waals surface area contributed by atoms with Gasteiger partial charge in [0.25, 0.3) is 5.56 Å². The third-order valence-corrected chi connectivity index (χ3v) is 5.07. The molecule has 2 aromatic rings. The number of aryl methyl sites for hydroxylation is 2. The first-order valence-corrected chi connectivity index (χ1v) is 9.74. The van der Waals surface area contributed by atoms with Gasteiger partial charge in [0.1, 0.15) is 5.82 Å². The van der Waals surface area contributed by atoms with E-state index >= 15 is 0 Å². The second-order valence-electron chi connectivity index (χ2n) is 7.21.